The molecule has 0 atom stereocenters. The van der Waals surface area contributed by atoms with E-state index in [-0.39, 0.29) is 11.3 Å². The lowest BCUT2D eigenvalue weighted by atomic mass is 9.97. The standard InChI is InChI=1S/C22H18F2N4O3S/c1-2-10-32(30,31)28-19-8-6-16(23)20(21(19)24)22(29)14-5-7-18-15(14)11-13(12-25-18)17-4-3-9-26-27-17/h3-6,8-9,11-12,28H,2,7,10H2,1H3. The number of hydrogen-bond acceptors (Lipinski definition) is 6. The fourth-order valence-electron chi connectivity index (χ4n) is 3.47. The third-order valence-electron chi connectivity index (χ3n) is 4.93. The number of nitrogens with zero attached hydrogens (tertiary/aromatic N) is 3. The van der Waals surface area contributed by atoms with Crippen LogP contribution in [0.2, 0.25) is 0 Å². The number of pyridine rings is 1. The summed E-state index contributed by atoms with van der Waals surface area (Å²) in [6.07, 6.45) is 5.30. The predicted molar refractivity (Wildman–Crippen MR) is 115 cm³/mol. The molecule has 0 saturated heterocycles. The first-order valence-electron chi connectivity index (χ1n) is 9.81. The van der Waals surface area contributed by atoms with Gasteiger partial charge in [0.05, 0.1) is 28.4 Å². The molecule has 10 heteroatoms. The van der Waals surface area contributed by atoms with Crippen LogP contribution in [-0.2, 0) is 16.4 Å². The van der Waals surface area contributed by atoms with Crippen molar-refractivity contribution in [1.29, 1.82) is 0 Å². The summed E-state index contributed by atoms with van der Waals surface area (Å²) in [4.78, 5) is 17.5. The summed E-state index contributed by atoms with van der Waals surface area (Å²) in [6.45, 7) is 1.66. The SMILES string of the molecule is CCCS(=O)(=O)Nc1ccc(F)c(C(=O)C2=CCc3ncc(-c4cccnn4)cc32)c1F. The summed E-state index contributed by atoms with van der Waals surface area (Å²) >= 11 is 0. The van der Waals surface area contributed by atoms with Crippen molar-refractivity contribution >= 4 is 27.1 Å². The molecular formula is C22H18F2N4O3S. The molecule has 0 radical (unpaired) electrons. The Hall–Kier alpha value is -3.53. The number of benzene rings is 1. The summed E-state index contributed by atoms with van der Waals surface area (Å²) in [5, 5.41) is 7.83. The minimum atomic E-state index is -3.83. The second-order valence-corrected chi connectivity index (χ2v) is 9.02. The van der Waals surface area contributed by atoms with Gasteiger partial charge in [0.25, 0.3) is 0 Å². The molecule has 0 spiro atoms. The molecule has 0 fully saturated rings. The van der Waals surface area contributed by atoms with E-state index in [1.165, 1.54) is 6.20 Å². The van der Waals surface area contributed by atoms with Gasteiger partial charge in [0.1, 0.15) is 5.82 Å². The van der Waals surface area contributed by atoms with E-state index in [2.05, 4.69) is 19.9 Å². The molecule has 0 unspecified atom stereocenters. The Morgan fingerprint density at radius 3 is 2.75 bits per heavy atom. The Morgan fingerprint density at radius 2 is 2.03 bits per heavy atom. The van der Waals surface area contributed by atoms with Crippen LogP contribution in [0, 0.1) is 11.6 Å². The maximum atomic E-state index is 15.1. The first kappa shape index (κ1) is 21.7. The van der Waals surface area contributed by atoms with E-state index >= 15 is 4.39 Å². The lowest BCUT2D eigenvalue weighted by molar-refractivity contribution is 0.104. The van der Waals surface area contributed by atoms with E-state index < -0.39 is 38.7 Å². The fourth-order valence-corrected chi connectivity index (χ4v) is 4.60. The van der Waals surface area contributed by atoms with Crippen molar-refractivity contribution in [3.63, 3.8) is 0 Å². The first-order valence-corrected chi connectivity index (χ1v) is 11.5. The number of sulfonamides is 1. The highest BCUT2D eigenvalue weighted by Crippen LogP contribution is 2.34. The predicted octanol–water partition coefficient (Wildman–Crippen LogP) is 3.79. The van der Waals surface area contributed by atoms with Crippen LogP contribution < -0.4 is 4.72 Å². The van der Waals surface area contributed by atoms with E-state index in [4.69, 9.17) is 0 Å². The number of carbonyl (C=O) groups excluding carboxylic acids is 1. The zero-order valence-corrected chi connectivity index (χ0v) is 17.8. The highest BCUT2D eigenvalue weighted by molar-refractivity contribution is 7.92. The quantitative estimate of drug-likeness (QED) is 0.543. The van der Waals surface area contributed by atoms with Crippen molar-refractivity contribution in [1.82, 2.24) is 15.2 Å². The second kappa shape index (κ2) is 8.54. The van der Waals surface area contributed by atoms with Gasteiger partial charge in [-0.15, -0.1) is 0 Å². The summed E-state index contributed by atoms with van der Waals surface area (Å²) in [6, 6.07) is 6.92. The van der Waals surface area contributed by atoms with Gasteiger partial charge in [-0.05, 0) is 36.8 Å². The van der Waals surface area contributed by atoms with Crippen molar-refractivity contribution in [3.8, 4) is 11.3 Å². The van der Waals surface area contributed by atoms with Gasteiger partial charge in [-0.25, -0.2) is 17.2 Å². The van der Waals surface area contributed by atoms with Gasteiger partial charge in [-0.3, -0.25) is 14.5 Å². The lowest BCUT2D eigenvalue weighted by Gasteiger charge is -2.12. The summed E-state index contributed by atoms with van der Waals surface area (Å²) in [5.41, 5.74) is 0.935. The molecule has 2 heterocycles. The van der Waals surface area contributed by atoms with Crippen LogP contribution in [0.25, 0.3) is 16.8 Å². The maximum absolute atomic E-state index is 15.1. The van der Waals surface area contributed by atoms with Gasteiger partial charge in [0.15, 0.2) is 11.6 Å². The second-order valence-electron chi connectivity index (χ2n) is 7.18. The van der Waals surface area contributed by atoms with Gasteiger partial charge in [0.2, 0.25) is 10.0 Å². The zero-order valence-electron chi connectivity index (χ0n) is 17.0. The summed E-state index contributed by atoms with van der Waals surface area (Å²) in [5.74, 6) is -3.48. The molecule has 0 aliphatic heterocycles. The van der Waals surface area contributed by atoms with E-state index in [1.807, 2.05) is 0 Å². The Morgan fingerprint density at radius 1 is 1.22 bits per heavy atom. The van der Waals surface area contributed by atoms with E-state index in [1.54, 1.807) is 37.4 Å². The molecule has 2 aromatic heterocycles. The van der Waals surface area contributed by atoms with Crippen LogP contribution in [0.5, 0.6) is 0 Å². The first-order chi connectivity index (χ1) is 15.3. The highest BCUT2D eigenvalue weighted by Gasteiger charge is 2.29. The highest BCUT2D eigenvalue weighted by atomic mass is 32.2. The lowest BCUT2D eigenvalue weighted by Crippen LogP contribution is -2.18. The molecule has 3 aromatic rings. The maximum Gasteiger partial charge on any atom is 0.232 e. The van der Waals surface area contributed by atoms with Crippen LogP contribution >= 0.6 is 0 Å². The van der Waals surface area contributed by atoms with Crippen molar-refractivity contribution < 1.29 is 22.0 Å². The van der Waals surface area contributed by atoms with Crippen LogP contribution in [0.15, 0.2) is 48.8 Å². The molecule has 7 nitrogen and oxygen atoms in total. The number of carbonyl (C=O) groups is 1. The van der Waals surface area contributed by atoms with E-state index in [0.29, 0.717) is 35.4 Å². The van der Waals surface area contributed by atoms with Gasteiger partial charge in [-0.1, -0.05) is 13.0 Å². The minimum absolute atomic E-state index is 0.0876. The molecule has 1 aromatic carbocycles. The average molecular weight is 456 g/mol. The number of nitrogens with one attached hydrogen (secondary N) is 1. The summed E-state index contributed by atoms with van der Waals surface area (Å²) in [7, 11) is -3.83. The number of aromatic nitrogens is 3. The van der Waals surface area contributed by atoms with Crippen LogP contribution in [0.4, 0.5) is 14.5 Å². The monoisotopic (exact) mass is 456 g/mol. The molecule has 4 rings (SSSR count). The number of anilines is 1. The van der Waals surface area contributed by atoms with Crippen molar-refractivity contribution in [2.75, 3.05) is 10.5 Å². The largest absolute Gasteiger partial charge is 0.288 e. The molecule has 1 aliphatic rings. The van der Waals surface area contributed by atoms with Crippen LogP contribution in [0.1, 0.15) is 35.0 Å². The molecule has 0 saturated carbocycles. The van der Waals surface area contributed by atoms with Gasteiger partial charge < -0.3 is 0 Å². The number of Topliss-reactive ketones (excluding diaryl/α,β-unsaturated/α-hetero) is 1. The molecule has 32 heavy (non-hydrogen) atoms. The molecule has 1 N–H and O–H groups in total. The van der Waals surface area contributed by atoms with Crippen molar-refractivity contribution in [2.24, 2.45) is 0 Å². The number of rotatable bonds is 7. The Labute approximate surface area is 183 Å². The number of hydrogen-bond donors (Lipinski definition) is 1. The molecule has 1 aliphatic carbocycles. The van der Waals surface area contributed by atoms with E-state index in [0.717, 1.165) is 12.1 Å². The number of ketones is 1. The van der Waals surface area contributed by atoms with Gasteiger partial charge in [-0.2, -0.15) is 10.2 Å². The average Bonchev–Trinajstić information content (AvgIpc) is 3.19. The number of fused-ring (bicyclic) bond motifs is 1. The third kappa shape index (κ3) is 4.13. The Balaban J connectivity index is 1.72. The minimum Gasteiger partial charge on any atom is -0.288 e. The number of halogens is 2. The Kier molecular flexibility index (Phi) is 5.79. The van der Waals surface area contributed by atoms with Crippen LogP contribution in [0.3, 0.4) is 0 Å². The van der Waals surface area contributed by atoms with Crippen LogP contribution in [-0.4, -0.2) is 35.1 Å². The zero-order chi connectivity index (χ0) is 22.9. The topological polar surface area (TPSA) is 102 Å². The van der Waals surface area contributed by atoms with Crippen molar-refractivity contribution in [2.45, 2.75) is 19.8 Å². The Bertz CT molecular complexity index is 1340. The normalized spacial score (nSPS) is 12.9. The molecule has 0 amide bonds. The molecule has 0 bridgehead atoms. The summed E-state index contributed by atoms with van der Waals surface area (Å²) < 4.78 is 55.7. The molecular weight excluding hydrogens is 438 g/mol. The van der Waals surface area contributed by atoms with Gasteiger partial charge >= 0.3 is 0 Å². The van der Waals surface area contributed by atoms with E-state index in [9.17, 15) is 17.6 Å². The smallest absolute Gasteiger partial charge is 0.232 e. The number of allylic oxidation sites excluding steroid dienone is 2. The van der Waals surface area contributed by atoms with Crippen molar-refractivity contribution in [3.05, 3.63) is 77.3 Å². The fraction of sp³-hybridized carbons (Fsp3) is 0.182. The third-order valence-corrected chi connectivity index (χ3v) is 6.41. The molecule has 164 valence electrons. The van der Waals surface area contributed by atoms with Gasteiger partial charge in [0, 0.05) is 35.5 Å².